The standard InChI is InChI=1S/C53H102O6/c1-6-8-9-10-11-12-13-14-15-16-17-18-19-20-21-22-29-35-40-45-53(56)59-50(47-58-52(55)44-39-34-30-25-26-31-36-41-48(3)4)46-57-51(54)43-38-33-28-24-23-27-32-37-42-49(5)7-2/h48-50H,6-47H2,1-5H3/t49?,50-/m1/s1. The molecular weight excluding hydrogens is 733 g/mol. The Morgan fingerprint density at radius 3 is 0.966 bits per heavy atom. The minimum Gasteiger partial charge on any atom is -0.462 e. The van der Waals surface area contributed by atoms with Gasteiger partial charge < -0.3 is 14.2 Å². The molecule has 0 aliphatic heterocycles. The fourth-order valence-corrected chi connectivity index (χ4v) is 7.96. The molecule has 0 fully saturated rings. The molecule has 0 saturated carbocycles. The normalized spacial score (nSPS) is 12.5. The lowest BCUT2D eigenvalue weighted by Gasteiger charge is -2.18. The second kappa shape index (κ2) is 45.9. The molecule has 1 unspecified atom stereocenters. The number of carbonyl (C=O) groups excluding carboxylic acids is 3. The van der Waals surface area contributed by atoms with Crippen molar-refractivity contribution in [2.24, 2.45) is 11.8 Å². The van der Waals surface area contributed by atoms with Crippen LogP contribution in [0.25, 0.3) is 0 Å². The zero-order chi connectivity index (χ0) is 43.3. The van der Waals surface area contributed by atoms with E-state index in [2.05, 4.69) is 34.6 Å². The molecule has 0 radical (unpaired) electrons. The maximum Gasteiger partial charge on any atom is 0.306 e. The van der Waals surface area contributed by atoms with Crippen molar-refractivity contribution in [2.75, 3.05) is 13.2 Å². The first-order valence-electron chi connectivity index (χ1n) is 26.3. The highest BCUT2D eigenvalue weighted by Gasteiger charge is 2.19. The minimum atomic E-state index is -0.762. The van der Waals surface area contributed by atoms with E-state index in [9.17, 15) is 14.4 Å². The summed E-state index contributed by atoms with van der Waals surface area (Å²) in [7, 11) is 0. The van der Waals surface area contributed by atoms with Crippen molar-refractivity contribution in [1.29, 1.82) is 0 Å². The Balaban J connectivity index is 4.26. The topological polar surface area (TPSA) is 78.9 Å². The van der Waals surface area contributed by atoms with Gasteiger partial charge in [-0.3, -0.25) is 14.4 Å². The Bertz CT molecular complexity index is 902. The number of unbranched alkanes of at least 4 members (excludes halogenated alkanes) is 31. The number of hydrogen-bond acceptors (Lipinski definition) is 6. The van der Waals surface area contributed by atoms with Crippen molar-refractivity contribution in [3.8, 4) is 0 Å². The van der Waals surface area contributed by atoms with Crippen molar-refractivity contribution in [3.63, 3.8) is 0 Å². The van der Waals surface area contributed by atoms with Crippen LogP contribution in [-0.2, 0) is 28.6 Å². The Kier molecular flexibility index (Phi) is 44.7. The molecule has 0 aromatic carbocycles. The van der Waals surface area contributed by atoms with Crippen LogP contribution < -0.4 is 0 Å². The molecule has 0 rings (SSSR count). The van der Waals surface area contributed by atoms with E-state index in [1.54, 1.807) is 0 Å². The van der Waals surface area contributed by atoms with Crippen molar-refractivity contribution in [3.05, 3.63) is 0 Å². The lowest BCUT2D eigenvalue weighted by atomic mass is 9.99. The van der Waals surface area contributed by atoms with Gasteiger partial charge in [-0.05, 0) is 31.1 Å². The van der Waals surface area contributed by atoms with Gasteiger partial charge in [-0.1, -0.05) is 253 Å². The van der Waals surface area contributed by atoms with E-state index in [4.69, 9.17) is 14.2 Å². The van der Waals surface area contributed by atoms with Crippen LogP contribution >= 0.6 is 0 Å². The van der Waals surface area contributed by atoms with E-state index in [1.165, 1.54) is 180 Å². The molecule has 0 amide bonds. The number of esters is 3. The highest BCUT2D eigenvalue weighted by molar-refractivity contribution is 5.71. The largest absolute Gasteiger partial charge is 0.462 e. The number of carbonyl (C=O) groups is 3. The SMILES string of the molecule is CCCCCCCCCCCCCCCCCCCCCC(=O)O[C@H](COC(=O)CCCCCCCCCCC(C)CC)COC(=O)CCCCCCCCCC(C)C. The first-order valence-corrected chi connectivity index (χ1v) is 26.3. The van der Waals surface area contributed by atoms with Gasteiger partial charge in [0.05, 0.1) is 0 Å². The van der Waals surface area contributed by atoms with E-state index in [1.807, 2.05) is 0 Å². The maximum atomic E-state index is 12.8. The molecule has 350 valence electrons. The van der Waals surface area contributed by atoms with Gasteiger partial charge in [0, 0.05) is 19.3 Å². The van der Waals surface area contributed by atoms with Gasteiger partial charge in [0.25, 0.3) is 0 Å². The second-order valence-electron chi connectivity index (χ2n) is 18.9. The molecule has 0 N–H and O–H groups in total. The summed E-state index contributed by atoms with van der Waals surface area (Å²) in [6.45, 7) is 11.3. The van der Waals surface area contributed by atoms with Gasteiger partial charge in [-0.15, -0.1) is 0 Å². The molecule has 0 heterocycles. The van der Waals surface area contributed by atoms with Crippen LogP contribution in [-0.4, -0.2) is 37.2 Å². The number of hydrogen-bond donors (Lipinski definition) is 0. The number of ether oxygens (including phenoxy) is 3. The molecule has 2 atom stereocenters. The average Bonchev–Trinajstić information content (AvgIpc) is 3.22. The summed E-state index contributed by atoms with van der Waals surface area (Å²) in [6, 6.07) is 0. The summed E-state index contributed by atoms with van der Waals surface area (Å²) < 4.78 is 16.8. The van der Waals surface area contributed by atoms with Crippen molar-refractivity contribution < 1.29 is 28.6 Å². The molecule has 0 bridgehead atoms. The van der Waals surface area contributed by atoms with Crippen molar-refractivity contribution in [1.82, 2.24) is 0 Å². The molecule has 0 aliphatic rings. The summed E-state index contributed by atoms with van der Waals surface area (Å²) in [5.41, 5.74) is 0. The van der Waals surface area contributed by atoms with Crippen LogP contribution in [0.5, 0.6) is 0 Å². The minimum absolute atomic E-state index is 0.0650. The molecule has 0 saturated heterocycles. The molecule has 6 heteroatoms. The fraction of sp³-hybridized carbons (Fsp3) is 0.943. The van der Waals surface area contributed by atoms with Gasteiger partial charge in [0.1, 0.15) is 13.2 Å². The molecule has 59 heavy (non-hydrogen) atoms. The molecule has 0 aromatic heterocycles. The van der Waals surface area contributed by atoms with Crippen molar-refractivity contribution in [2.45, 2.75) is 298 Å². The summed E-state index contributed by atoms with van der Waals surface area (Å²) in [5.74, 6) is 0.776. The van der Waals surface area contributed by atoms with Gasteiger partial charge in [-0.2, -0.15) is 0 Å². The van der Waals surface area contributed by atoms with Crippen LogP contribution in [0, 0.1) is 11.8 Å². The lowest BCUT2D eigenvalue weighted by molar-refractivity contribution is -0.167. The molecule has 0 spiro atoms. The predicted octanol–water partition coefficient (Wildman–Crippen LogP) is 16.9. The van der Waals surface area contributed by atoms with Crippen LogP contribution in [0.2, 0.25) is 0 Å². The van der Waals surface area contributed by atoms with Gasteiger partial charge in [0.2, 0.25) is 0 Å². The van der Waals surface area contributed by atoms with E-state index in [0.29, 0.717) is 19.3 Å². The third kappa shape index (κ3) is 45.8. The third-order valence-corrected chi connectivity index (χ3v) is 12.3. The monoisotopic (exact) mass is 835 g/mol. The highest BCUT2D eigenvalue weighted by Crippen LogP contribution is 2.18. The quantitative estimate of drug-likeness (QED) is 0.0345. The predicted molar refractivity (Wildman–Crippen MR) is 252 cm³/mol. The Morgan fingerprint density at radius 1 is 0.356 bits per heavy atom. The summed E-state index contributed by atoms with van der Waals surface area (Å²) >= 11 is 0. The Morgan fingerprint density at radius 2 is 0.644 bits per heavy atom. The first-order chi connectivity index (χ1) is 28.8. The van der Waals surface area contributed by atoms with E-state index >= 15 is 0 Å². The molecular formula is C53H102O6. The fourth-order valence-electron chi connectivity index (χ4n) is 7.96. The average molecular weight is 835 g/mol. The maximum absolute atomic E-state index is 12.8. The summed E-state index contributed by atoms with van der Waals surface area (Å²) in [5, 5.41) is 0. The lowest BCUT2D eigenvalue weighted by Crippen LogP contribution is -2.30. The van der Waals surface area contributed by atoms with E-state index < -0.39 is 6.10 Å². The van der Waals surface area contributed by atoms with Gasteiger partial charge in [0.15, 0.2) is 6.10 Å². The second-order valence-corrected chi connectivity index (χ2v) is 18.9. The molecule has 0 aromatic rings. The first kappa shape index (κ1) is 57.4. The van der Waals surface area contributed by atoms with Gasteiger partial charge in [-0.25, -0.2) is 0 Å². The van der Waals surface area contributed by atoms with Crippen LogP contribution in [0.15, 0.2) is 0 Å². The Hall–Kier alpha value is -1.59. The molecule has 6 nitrogen and oxygen atoms in total. The van der Waals surface area contributed by atoms with Gasteiger partial charge >= 0.3 is 17.9 Å². The smallest absolute Gasteiger partial charge is 0.306 e. The van der Waals surface area contributed by atoms with Crippen molar-refractivity contribution >= 4 is 17.9 Å². The van der Waals surface area contributed by atoms with Crippen LogP contribution in [0.4, 0.5) is 0 Å². The highest BCUT2D eigenvalue weighted by atomic mass is 16.6. The zero-order valence-corrected chi connectivity index (χ0v) is 40.4. The summed E-state index contributed by atoms with van der Waals surface area (Å²) in [4.78, 5) is 37.9. The zero-order valence-electron chi connectivity index (χ0n) is 40.4. The Labute approximate surface area is 368 Å². The molecule has 0 aliphatic carbocycles. The van der Waals surface area contributed by atoms with E-state index in [-0.39, 0.29) is 31.1 Å². The summed E-state index contributed by atoms with van der Waals surface area (Å²) in [6.07, 6.45) is 46.7. The number of rotatable bonds is 47. The van der Waals surface area contributed by atoms with Crippen LogP contribution in [0.1, 0.15) is 291 Å². The van der Waals surface area contributed by atoms with E-state index in [0.717, 1.165) is 69.6 Å². The van der Waals surface area contributed by atoms with Crippen LogP contribution in [0.3, 0.4) is 0 Å². The third-order valence-electron chi connectivity index (χ3n) is 12.3.